The Hall–Kier alpha value is -2.72. The van der Waals surface area contributed by atoms with Gasteiger partial charge >= 0.3 is 0 Å². The smallest absolute Gasteiger partial charge is 0.255 e. The SMILES string of the molecule is COc1ccc(C(=O)Nc2ccc(C)cc2C)cc1CSc1ccc(C)cc1. The molecule has 0 unspecified atom stereocenters. The first-order chi connectivity index (χ1) is 13.5. The molecule has 0 fully saturated rings. The van der Waals surface area contributed by atoms with Crippen LogP contribution in [0.25, 0.3) is 0 Å². The van der Waals surface area contributed by atoms with Crippen LogP contribution in [0.2, 0.25) is 0 Å². The highest BCUT2D eigenvalue weighted by Crippen LogP contribution is 2.29. The fourth-order valence-electron chi connectivity index (χ4n) is 2.98. The maximum absolute atomic E-state index is 12.8. The van der Waals surface area contributed by atoms with E-state index in [4.69, 9.17) is 4.74 Å². The number of methoxy groups -OCH3 is 1. The Kier molecular flexibility index (Phi) is 6.42. The molecule has 0 radical (unpaired) electrons. The second kappa shape index (κ2) is 8.98. The lowest BCUT2D eigenvalue weighted by Gasteiger charge is -2.12. The van der Waals surface area contributed by atoms with Crippen molar-refractivity contribution in [2.24, 2.45) is 0 Å². The predicted octanol–water partition coefficient (Wildman–Crippen LogP) is 6.17. The third-order valence-corrected chi connectivity index (χ3v) is 5.65. The van der Waals surface area contributed by atoms with Gasteiger partial charge in [0.2, 0.25) is 0 Å². The standard InChI is InChI=1S/C24H25NO2S/c1-16-5-9-21(10-6-16)28-15-20-14-19(8-12-23(20)27-4)24(26)25-22-11-7-17(2)13-18(22)3/h5-14H,15H2,1-4H3,(H,25,26). The Morgan fingerprint density at radius 3 is 2.32 bits per heavy atom. The molecule has 144 valence electrons. The largest absolute Gasteiger partial charge is 0.496 e. The molecule has 0 aromatic heterocycles. The van der Waals surface area contributed by atoms with Crippen LogP contribution >= 0.6 is 11.8 Å². The monoisotopic (exact) mass is 391 g/mol. The van der Waals surface area contributed by atoms with Gasteiger partial charge in [0.25, 0.3) is 5.91 Å². The molecule has 0 aliphatic heterocycles. The molecule has 0 spiro atoms. The normalized spacial score (nSPS) is 10.6. The molecular weight excluding hydrogens is 366 g/mol. The number of carbonyl (C=O) groups is 1. The van der Waals surface area contributed by atoms with E-state index in [0.29, 0.717) is 5.56 Å². The fourth-order valence-corrected chi connectivity index (χ4v) is 3.85. The van der Waals surface area contributed by atoms with E-state index in [1.807, 2.05) is 38.1 Å². The van der Waals surface area contributed by atoms with Gasteiger partial charge in [-0.2, -0.15) is 0 Å². The molecule has 0 aliphatic rings. The number of thioether (sulfide) groups is 1. The van der Waals surface area contributed by atoms with Crippen molar-refractivity contribution in [1.82, 2.24) is 0 Å². The number of amides is 1. The highest BCUT2D eigenvalue weighted by Gasteiger charge is 2.12. The highest BCUT2D eigenvalue weighted by molar-refractivity contribution is 7.98. The van der Waals surface area contributed by atoms with Crippen LogP contribution in [0.4, 0.5) is 5.69 Å². The van der Waals surface area contributed by atoms with Crippen molar-refractivity contribution in [3.8, 4) is 5.75 Å². The summed E-state index contributed by atoms with van der Waals surface area (Å²) in [4.78, 5) is 13.9. The van der Waals surface area contributed by atoms with E-state index in [-0.39, 0.29) is 5.91 Å². The molecule has 1 N–H and O–H groups in total. The van der Waals surface area contributed by atoms with Gasteiger partial charge in [0.05, 0.1) is 7.11 Å². The number of aryl methyl sites for hydroxylation is 3. The molecule has 0 bridgehead atoms. The molecule has 0 atom stereocenters. The molecular formula is C24H25NO2S. The summed E-state index contributed by atoms with van der Waals surface area (Å²) in [5.41, 5.74) is 5.93. The lowest BCUT2D eigenvalue weighted by Crippen LogP contribution is -2.13. The van der Waals surface area contributed by atoms with Crippen molar-refractivity contribution in [2.75, 3.05) is 12.4 Å². The van der Waals surface area contributed by atoms with E-state index in [0.717, 1.165) is 28.3 Å². The van der Waals surface area contributed by atoms with E-state index >= 15 is 0 Å². The maximum Gasteiger partial charge on any atom is 0.255 e. The van der Waals surface area contributed by atoms with Gasteiger partial charge in [-0.25, -0.2) is 0 Å². The minimum absolute atomic E-state index is 0.115. The summed E-state index contributed by atoms with van der Waals surface area (Å²) in [7, 11) is 1.66. The van der Waals surface area contributed by atoms with Crippen LogP contribution in [0.15, 0.2) is 65.6 Å². The molecule has 0 heterocycles. The van der Waals surface area contributed by atoms with Gasteiger partial charge in [0.15, 0.2) is 0 Å². The van der Waals surface area contributed by atoms with E-state index in [1.54, 1.807) is 24.9 Å². The summed E-state index contributed by atoms with van der Waals surface area (Å²) >= 11 is 1.73. The fraction of sp³-hybridized carbons (Fsp3) is 0.208. The summed E-state index contributed by atoms with van der Waals surface area (Å²) < 4.78 is 5.49. The number of anilines is 1. The number of nitrogens with one attached hydrogen (secondary N) is 1. The van der Waals surface area contributed by atoms with E-state index in [2.05, 4.69) is 42.6 Å². The summed E-state index contributed by atoms with van der Waals surface area (Å²) in [6, 6.07) is 20.0. The Balaban J connectivity index is 1.77. The molecule has 3 aromatic carbocycles. The van der Waals surface area contributed by atoms with Gasteiger partial charge in [-0.15, -0.1) is 11.8 Å². The van der Waals surface area contributed by atoms with Crippen LogP contribution in [0.1, 0.15) is 32.6 Å². The van der Waals surface area contributed by atoms with E-state index < -0.39 is 0 Å². The van der Waals surface area contributed by atoms with Crippen LogP contribution in [-0.2, 0) is 5.75 Å². The molecule has 0 aliphatic carbocycles. The first kappa shape index (κ1) is 20.0. The minimum Gasteiger partial charge on any atom is -0.496 e. The van der Waals surface area contributed by atoms with Crippen LogP contribution in [-0.4, -0.2) is 13.0 Å². The van der Waals surface area contributed by atoms with Crippen molar-refractivity contribution in [2.45, 2.75) is 31.4 Å². The van der Waals surface area contributed by atoms with Gasteiger partial charge in [-0.3, -0.25) is 4.79 Å². The Morgan fingerprint density at radius 2 is 1.64 bits per heavy atom. The Labute approximate surface area is 171 Å². The zero-order chi connectivity index (χ0) is 20.1. The number of ether oxygens (including phenoxy) is 1. The number of rotatable bonds is 6. The maximum atomic E-state index is 12.8. The molecule has 3 rings (SSSR count). The first-order valence-corrected chi connectivity index (χ1v) is 10.2. The molecule has 3 nitrogen and oxygen atoms in total. The van der Waals surface area contributed by atoms with Crippen molar-refractivity contribution in [3.05, 3.63) is 88.5 Å². The summed E-state index contributed by atoms with van der Waals surface area (Å²) in [5.74, 6) is 1.41. The van der Waals surface area contributed by atoms with E-state index in [1.165, 1.54) is 16.0 Å². The van der Waals surface area contributed by atoms with Crippen molar-refractivity contribution < 1.29 is 9.53 Å². The van der Waals surface area contributed by atoms with Gasteiger partial charge in [0, 0.05) is 27.5 Å². The summed E-state index contributed by atoms with van der Waals surface area (Å²) in [5, 5.41) is 3.01. The first-order valence-electron chi connectivity index (χ1n) is 9.21. The van der Waals surface area contributed by atoms with Crippen molar-refractivity contribution in [3.63, 3.8) is 0 Å². The number of hydrogen-bond donors (Lipinski definition) is 1. The zero-order valence-electron chi connectivity index (χ0n) is 16.7. The van der Waals surface area contributed by atoms with Crippen LogP contribution < -0.4 is 10.1 Å². The lowest BCUT2D eigenvalue weighted by atomic mass is 10.1. The molecule has 0 saturated carbocycles. The van der Waals surface area contributed by atoms with Crippen LogP contribution in [0, 0.1) is 20.8 Å². The van der Waals surface area contributed by atoms with E-state index in [9.17, 15) is 4.79 Å². The van der Waals surface area contributed by atoms with Gasteiger partial charge in [-0.1, -0.05) is 35.4 Å². The summed E-state index contributed by atoms with van der Waals surface area (Å²) in [6.07, 6.45) is 0. The lowest BCUT2D eigenvalue weighted by molar-refractivity contribution is 0.102. The topological polar surface area (TPSA) is 38.3 Å². The van der Waals surface area contributed by atoms with Crippen LogP contribution in [0.5, 0.6) is 5.75 Å². The number of hydrogen-bond acceptors (Lipinski definition) is 3. The van der Waals surface area contributed by atoms with Crippen molar-refractivity contribution in [1.29, 1.82) is 0 Å². The molecule has 3 aromatic rings. The second-order valence-corrected chi connectivity index (χ2v) is 7.95. The highest BCUT2D eigenvalue weighted by atomic mass is 32.2. The van der Waals surface area contributed by atoms with Crippen molar-refractivity contribution >= 4 is 23.4 Å². The average molecular weight is 392 g/mol. The van der Waals surface area contributed by atoms with Gasteiger partial charge in [-0.05, 0) is 62.7 Å². The number of benzene rings is 3. The molecule has 28 heavy (non-hydrogen) atoms. The Morgan fingerprint density at radius 1 is 0.929 bits per heavy atom. The molecule has 1 amide bonds. The zero-order valence-corrected chi connectivity index (χ0v) is 17.5. The summed E-state index contributed by atoms with van der Waals surface area (Å²) in [6.45, 7) is 6.12. The Bertz CT molecular complexity index is 980. The molecule has 4 heteroatoms. The average Bonchev–Trinajstić information content (AvgIpc) is 2.69. The van der Waals surface area contributed by atoms with Crippen LogP contribution in [0.3, 0.4) is 0 Å². The quantitative estimate of drug-likeness (QED) is 0.511. The second-order valence-electron chi connectivity index (χ2n) is 6.90. The van der Waals surface area contributed by atoms with Gasteiger partial charge < -0.3 is 10.1 Å². The number of carbonyl (C=O) groups excluding carboxylic acids is 1. The third-order valence-electron chi connectivity index (χ3n) is 4.59. The minimum atomic E-state index is -0.115. The van der Waals surface area contributed by atoms with Gasteiger partial charge in [0.1, 0.15) is 5.75 Å². The predicted molar refractivity (Wildman–Crippen MR) is 118 cm³/mol. The third kappa shape index (κ3) is 4.96. The molecule has 0 saturated heterocycles.